The molecule has 1 aromatic heterocycles. The van der Waals surface area contributed by atoms with Gasteiger partial charge in [0.2, 0.25) is 0 Å². The van der Waals surface area contributed by atoms with E-state index in [2.05, 4.69) is 10.3 Å². The number of halogens is 2. The lowest BCUT2D eigenvalue weighted by Crippen LogP contribution is -2.03. The van der Waals surface area contributed by atoms with Crippen LogP contribution in [0.25, 0.3) is 0 Å². The number of rotatable bonds is 3. The van der Waals surface area contributed by atoms with E-state index in [1.165, 1.54) is 18.3 Å². The Morgan fingerprint density at radius 3 is 2.89 bits per heavy atom. The van der Waals surface area contributed by atoms with E-state index >= 15 is 0 Å². The van der Waals surface area contributed by atoms with Gasteiger partial charge < -0.3 is 5.32 Å². The van der Waals surface area contributed by atoms with Crippen molar-refractivity contribution < 1.29 is 8.78 Å². The zero-order chi connectivity index (χ0) is 13.0. The summed E-state index contributed by atoms with van der Waals surface area (Å²) in [5, 5.41) is 11.5. The summed E-state index contributed by atoms with van der Waals surface area (Å²) in [4.78, 5) is 3.82. The second kappa shape index (κ2) is 5.23. The minimum absolute atomic E-state index is 0.0883. The molecule has 1 heterocycles. The van der Waals surface area contributed by atoms with Gasteiger partial charge in [0.15, 0.2) is 11.6 Å². The number of hydrogen-bond donors (Lipinski definition) is 1. The van der Waals surface area contributed by atoms with E-state index < -0.39 is 11.6 Å². The Morgan fingerprint density at radius 2 is 2.11 bits per heavy atom. The Kier molecular flexibility index (Phi) is 3.49. The minimum atomic E-state index is -0.910. The van der Waals surface area contributed by atoms with E-state index in [0.29, 0.717) is 0 Å². The molecule has 1 aromatic carbocycles. The molecule has 0 atom stereocenters. The van der Waals surface area contributed by atoms with Crippen LogP contribution in [0, 0.1) is 23.0 Å². The number of nitrogens with one attached hydrogen (secondary N) is 1. The fraction of sp³-hybridized carbons (Fsp3) is 0.0769. The molecular weight excluding hydrogens is 236 g/mol. The van der Waals surface area contributed by atoms with E-state index in [0.717, 1.165) is 11.6 Å². The standard InChI is InChI=1S/C13H9F2N3/c14-11-2-1-3-12(13(11)15)18-8-9-4-5-17-10(6-9)7-16/h1-6,18H,8H2. The van der Waals surface area contributed by atoms with Gasteiger partial charge in [0.05, 0.1) is 5.69 Å². The van der Waals surface area contributed by atoms with Crippen LogP contribution in [0.1, 0.15) is 11.3 Å². The number of nitriles is 1. The van der Waals surface area contributed by atoms with E-state index in [9.17, 15) is 8.78 Å². The van der Waals surface area contributed by atoms with Crippen molar-refractivity contribution in [2.45, 2.75) is 6.54 Å². The molecule has 0 unspecified atom stereocenters. The van der Waals surface area contributed by atoms with Crippen LogP contribution >= 0.6 is 0 Å². The first-order valence-corrected chi connectivity index (χ1v) is 5.23. The lowest BCUT2D eigenvalue weighted by Gasteiger charge is -2.07. The van der Waals surface area contributed by atoms with Crippen molar-refractivity contribution in [2.75, 3.05) is 5.32 Å². The third-order valence-electron chi connectivity index (χ3n) is 2.37. The number of nitrogens with zero attached hydrogens (tertiary/aromatic N) is 2. The van der Waals surface area contributed by atoms with Gasteiger partial charge in [-0.15, -0.1) is 0 Å². The molecule has 0 bridgehead atoms. The Labute approximate surface area is 103 Å². The maximum atomic E-state index is 13.3. The van der Waals surface area contributed by atoms with Crippen molar-refractivity contribution in [1.29, 1.82) is 5.26 Å². The molecule has 18 heavy (non-hydrogen) atoms. The Hall–Kier alpha value is -2.48. The monoisotopic (exact) mass is 245 g/mol. The molecule has 5 heteroatoms. The summed E-state index contributed by atoms with van der Waals surface area (Å²) in [5.74, 6) is -1.81. The quantitative estimate of drug-likeness (QED) is 0.904. The number of anilines is 1. The molecule has 1 N–H and O–H groups in total. The molecule has 2 rings (SSSR count). The molecule has 90 valence electrons. The van der Waals surface area contributed by atoms with E-state index in [1.807, 2.05) is 6.07 Å². The minimum Gasteiger partial charge on any atom is -0.379 e. The van der Waals surface area contributed by atoms with E-state index in [1.54, 1.807) is 12.1 Å². The largest absolute Gasteiger partial charge is 0.379 e. The van der Waals surface area contributed by atoms with Gasteiger partial charge in [0.25, 0.3) is 0 Å². The van der Waals surface area contributed by atoms with Crippen molar-refractivity contribution in [3.05, 3.63) is 59.4 Å². The smallest absolute Gasteiger partial charge is 0.181 e. The fourth-order valence-electron chi connectivity index (χ4n) is 1.48. The number of aromatic nitrogens is 1. The molecule has 0 radical (unpaired) electrons. The third kappa shape index (κ3) is 2.61. The molecule has 0 aliphatic carbocycles. The van der Waals surface area contributed by atoms with Crippen LogP contribution in [0.4, 0.5) is 14.5 Å². The van der Waals surface area contributed by atoms with Gasteiger partial charge in [-0.05, 0) is 29.8 Å². The normalized spacial score (nSPS) is 9.83. The number of pyridine rings is 1. The maximum absolute atomic E-state index is 13.3. The molecule has 0 saturated heterocycles. The zero-order valence-electron chi connectivity index (χ0n) is 9.32. The summed E-state index contributed by atoms with van der Waals surface area (Å²) in [5.41, 5.74) is 1.14. The van der Waals surface area contributed by atoms with Gasteiger partial charge in [-0.1, -0.05) is 6.07 Å². The molecule has 3 nitrogen and oxygen atoms in total. The number of hydrogen-bond acceptors (Lipinski definition) is 3. The predicted octanol–water partition coefficient (Wildman–Crippen LogP) is 2.84. The molecule has 0 saturated carbocycles. The first kappa shape index (κ1) is 12.0. The summed E-state index contributed by atoms with van der Waals surface area (Å²) in [6.07, 6.45) is 1.50. The highest BCUT2D eigenvalue weighted by Gasteiger charge is 2.06. The SMILES string of the molecule is N#Cc1cc(CNc2cccc(F)c2F)ccn1. The van der Waals surface area contributed by atoms with Gasteiger partial charge in [-0.3, -0.25) is 0 Å². The molecule has 0 spiro atoms. The van der Waals surface area contributed by atoms with Crippen LogP contribution in [0.2, 0.25) is 0 Å². The molecule has 2 aromatic rings. The van der Waals surface area contributed by atoms with Gasteiger partial charge in [0, 0.05) is 12.7 Å². The highest BCUT2D eigenvalue weighted by atomic mass is 19.2. The van der Waals surface area contributed by atoms with Crippen molar-refractivity contribution in [1.82, 2.24) is 4.98 Å². The first-order valence-electron chi connectivity index (χ1n) is 5.23. The van der Waals surface area contributed by atoms with Crippen LogP contribution in [0.15, 0.2) is 36.5 Å². The topological polar surface area (TPSA) is 48.7 Å². The predicted molar refractivity (Wildman–Crippen MR) is 62.6 cm³/mol. The average molecular weight is 245 g/mol. The molecular formula is C13H9F2N3. The second-order valence-electron chi connectivity index (χ2n) is 3.62. The lowest BCUT2D eigenvalue weighted by atomic mass is 10.2. The van der Waals surface area contributed by atoms with Crippen LogP contribution in [-0.4, -0.2) is 4.98 Å². The zero-order valence-corrected chi connectivity index (χ0v) is 9.32. The summed E-state index contributed by atoms with van der Waals surface area (Å²) in [7, 11) is 0. The Balaban J connectivity index is 2.12. The summed E-state index contributed by atoms with van der Waals surface area (Å²) < 4.78 is 26.3. The van der Waals surface area contributed by atoms with Gasteiger partial charge in [-0.2, -0.15) is 5.26 Å². The average Bonchev–Trinajstić information content (AvgIpc) is 2.41. The third-order valence-corrected chi connectivity index (χ3v) is 2.37. The van der Waals surface area contributed by atoms with Gasteiger partial charge >= 0.3 is 0 Å². The molecule has 0 aliphatic heterocycles. The first-order chi connectivity index (χ1) is 8.70. The van der Waals surface area contributed by atoms with Crippen molar-refractivity contribution in [3.8, 4) is 6.07 Å². The Bertz CT molecular complexity index is 605. The van der Waals surface area contributed by atoms with Crippen molar-refractivity contribution in [2.24, 2.45) is 0 Å². The van der Waals surface area contributed by atoms with E-state index in [-0.39, 0.29) is 17.9 Å². The maximum Gasteiger partial charge on any atom is 0.181 e. The highest BCUT2D eigenvalue weighted by Crippen LogP contribution is 2.17. The molecule has 0 aliphatic rings. The fourth-order valence-corrected chi connectivity index (χ4v) is 1.48. The Morgan fingerprint density at radius 1 is 1.28 bits per heavy atom. The summed E-state index contributed by atoms with van der Waals surface area (Å²) in [6, 6.07) is 9.13. The highest BCUT2D eigenvalue weighted by molar-refractivity contribution is 5.45. The summed E-state index contributed by atoms with van der Waals surface area (Å²) >= 11 is 0. The van der Waals surface area contributed by atoms with Crippen LogP contribution in [-0.2, 0) is 6.54 Å². The van der Waals surface area contributed by atoms with Crippen molar-refractivity contribution in [3.63, 3.8) is 0 Å². The van der Waals surface area contributed by atoms with Crippen LogP contribution < -0.4 is 5.32 Å². The molecule has 0 fully saturated rings. The second-order valence-corrected chi connectivity index (χ2v) is 3.62. The van der Waals surface area contributed by atoms with Gasteiger partial charge in [0.1, 0.15) is 11.8 Å². The van der Waals surface area contributed by atoms with Gasteiger partial charge in [-0.25, -0.2) is 13.8 Å². The lowest BCUT2D eigenvalue weighted by molar-refractivity contribution is 0.511. The summed E-state index contributed by atoms with van der Waals surface area (Å²) in [6.45, 7) is 0.289. The van der Waals surface area contributed by atoms with Crippen LogP contribution in [0.3, 0.4) is 0 Å². The van der Waals surface area contributed by atoms with Crippen molar-refractivity contribution >= 4 is 5.69 Å². The number of benzene rings is 1. The molecule has 0 amide bonds. The van der Waals surface area contributed by atoms with E-state index in [4.69, 9.17) is 5.26 Å². The van der Waals surface area contributed by atoms with Crippen LogP contribution in [0.5, 0.6) is 0 Å².